The highest BCUT2D eigenvalue weighted by Crippen LogP contribution is 2.37. The topological polar surface area (TPSA) is 83.1 Å². The van der Waals surface area contributed by atoms with E-state index in [0.29, 0.717) is 24.1 Å². The second-order valence-corrected chi connectivity index (χ2v) is 7.92. The van der Waals surface area contributed by atoms with Gasteiger partial charge in [-0.05, 0) is 66.6 Å². The molecule has 0 unspecified atom stereocenters. The standard InChI is InChI=1S/C25H21N5O/c1-15-21(16(2)30-25(28-15)19(13-26)14-27-30)9-10-24(31)29-20-7-8-23-18(12-20)11-17-5-3-4-6-22(17)23/h3-8,12,14H,9-11H2,1-2H3,(H,29,31). The molecule has 2 heterocycles. The second kappa shape index (κ2) is 7.37. The van der Waals surface area contributed by atoms with Crippen molar-refractivity contribution < 1.29 is 4.79 Å². The van der Waals surface area contributed by atoms with Crippen LogP contribution in [-0.2, 0) is 17.6 Å². The van der Waals surface area contributed by atoms with Gasteiger partial charge in [-0.1, -0.05) is 30.3 Å². The molecule has 1 aliphatic carbocycles. The van der Waals surface area contributed by atoms with Crippen LogP contribution in [-0.4, -0.2) is 20.5 Å². The van der Waals surface area contributed by atoms with Crippen LogP contribution in [0.3, 0.4) is 0 Å². The summed E-state index contributed by atoms with van der Waals surface area (Å²) in [5, 5.41) is 16.5. The summed E-state index contributed by atoms with van der Waals surface area (Å²) >= 11 is 0. The van der Waals surface area contributed by atoms with Crippen molar-refractivity contribution in [2.45, 2.75) is 33.1 Å². The Labute approximate surface area is 180 Å². The van der Waals surface area contributed by atoms with Crippen molar-refractivity contribution >= 4 is 17.2 Å². The van der Waals surface area contributed by atoms with Crippen LogP contribution in [0.4, 0.5) is 5.69 Å². The van der Waals surface area contributed by atoms with Crippen LogP contribution in [0.1, 0.15) is 40.1 Å². The Morgan fingerprint density at radius 3 is 2.81 bits per heavy atom. The molecule has 1 amide bonds. The predicted molar refractivity (Wildman–Crippen MR) is 119 cm³/mol. The van der Waals surface area contributed by atoms with Gasteiger partial charge in [0.15, 0.2) is 5.65 Å². The number of anilines is 1. The fourth-order valence-corrected chi connectivity index (χ4v) is 4.44. The summed E-state index contributed by atoms with van der Waals surface area (Å²) < 4.78 is 1.68. The monoisotopic (exact) mass is 407 g/mol. The van der Waals surface area contributed by atoms with Crippen LogP contribution in [0.5, 0.6) is 0 Å². The van der Waals surface area contributed by atoms with Gasteiger partial charge in [0.1, 0.15) is 11.6 Å². The summed E-state index contributed by atoms with van der Waals surface area (Å²) in [5.41, 5.74) is 9.65. The molecule has 2 aromatic carbocycles. The van der Waals surface area contributed by atoms with Gasteiger partial charge in [-0.3, -0.25) is 4.79 Å². The van der Waals surface area contributed by atoms with Gasteiger partial charge < -0.3 is 5.32 Å². The van der Waals surface area contributed by atoms with Crippen LogP contribution in [0.15, 0.2) is 48.7 Å². The molecule has 6 nitrogen and oxygen atoms in total. The molecule has 31 heavy (non-hydrogen) atoms. The van der Waals surface area contributed by atoms with Crippen molar-refractivity contribution in [3.63, 3.8) is 0 Å². The highest BCUT2D eigenvalue weighted by molar-refractivity contribution is 5.92. The van der Waals surface area contributed by atoms with Gasteiger partial charge in [-0.25, -0.2) is 9.50 Å². The number of aryl methyl sites for hydroxylation is 2. The molecule has 0 bridgehead atoms. The van der Waals surface area contributed by atoms with Crippen molar-refractivity contribution in [3.8, 4) is 17.2 Å². The fraction of sp³-hybridized carbons (Fsp3) is 0.200. The smallest absolute Gasteiger partial charge is 0.224 e. The lowest BCUT2D eigenvalue weighted by molar-refractivity contribution is -0.116. The summed E-state index contributed by atoms with van der Waals surface area (Å²) in [4.78, 5) is 17.2. The summed E-state index contributed by atoms with van der Waals surface area (Å²) in [7, 11) is 0. The zero-order chi connectivity index (χ0) is 21.5. The minimum atomic E-state index is -0.0347. The summed E-state index contributed by atoms with van der Waals surface area (Å²) in [5.74, 6) is -0.0347. The Bertz CT molecular complexity index is 1390. The zero-order valence-electron chi connectivity index (χ0n) is 17.4. The molecule has 1 N–H and O–H groups in total. The van der Waals surface area contributed by atoms with E-state index in [2.05, 4.69) is 57.9 Å². The molecule has 0 saturated heterocycles. The number of carbonyl (C=O) groups excluding carboxylic acids is 1. The van der Waals surface area contributed by atoms with E-state index in [0.717, 1.165) is 29.1 Å². The molecular weight excluding hydrogens is 386 g/mol. The predicted octanol–water partition coefficient (Wildman–Crippen LogP) is 4.36. The minimum absolute atomic E-state index is 0.0347. The largest absolute Gasteiger partial charge is 0.326 e. The average molecular weight is 407 g/mol. The maximum Gasteiger partial charge on any atom is 0.224 e. The molecular formula is C25H21N5O. The number of hydrogen-bond donors (Lipinski definition) is 1. The Balaban J connectivity index is 1.30. The summed E-state index contributed by atoms with van der Waals surface area (Å²) in [6.45, 7) is 3.85. The van der Waals surface area contributed by atoms with E-state index in [9.17, 15) is 10.1 Å². The molecule has 6 heteroatoms. The van der Waals surface area contributed by atoms with Gasteiger partial charge in [0.25, 0.3) is 0 Å². The maximum absolute atomic E-state index is 12.6. The molecule has 152 valence electrons. The number of amides is 1. The van der Waals surface area contributed by atoms with Crippen LogP contribution in [0, 0.1) is 25.2 Å². The van der Waals surface area contributed by atoms with Crippen LogP contribution >= 0.6 is 0 Å². The number of carbonyl (C=O) groups is 1. The van der Waals surface area contributed by atoms with Gasteiger partial charge in [-0.15, -0.1) is 0 Å². The number of nitrogens with one attached hydrogen (secondary N) is 1. The third-order valence-corrected chi connectivity index (χ3v) is 6.01. The quantitative estimate of drug-likeness (QED) is 0.480. The first-order valence-electron chi connectivity index (χ1n) is 10.3. The normalized spacial score (nSPS) is 11.8. The van der Waals surface area contributed by atoms with E-state index < -0.39 is 0 Å². The highest BCUT2D eigenvalue weighted by atomic mass is 16.1. The first-order chi connectivity index (χ1) is 15.0. The number of nitriles is 1. The molecule has 1 aliphatic rings. The number of nitrogens with zero attached hydrogens (tertiary/aromatic N) is 4. The lowest BCUT2D eigenvalue weighted by Gasteiger charge is -2.12. The fourth-order valence-electron chi connectivity index (χ4n) is 4.44. The van der Waals surface area contributed by atoms with Crippen LogP contribution in [0.25, 0.3) is 16.8 Å². The highest BCUT2D eigenvalue weighted by Gasteiger charge is 2.19. The van der Waals surface area contributed by atoms with Gasteiger partial charge in [0, 0.05) is 23.5 Å². The number of benzene rings is 2. The average Bonchev–Trinajstić information content (AvgIpc) is 3.34. The lowest BCUT2D eigenvalue weighted by Crippen LogP contribution is -2.14. The molecule has 0 aliphatic heterocycles. The van der Waals surface area contributed by atoms with Crippen molar-refractivity contribution in [2.24, 2.45) is 0 Å². The third kappa shape index (κ3) is 3.24. The van der Waals surface area contributed by atoms with Gasteiger partial charge >= 0.3 is 0 Å². The molecule has 5 rings (SSSR count). The number of aromatic nitrogens is 3. The van der Waals surface area contributed by atoms with E-state index in [1.165, 1.54) is 28.5 Å². The van der Waals surface area contributed by atoms with Gasteiger partial charge in [0.05, 0.1) is 6.20 Å². The number of hydrogen-bond acceptors (Lipinski definition) is 4. The Morgan fingerprint density at radius 1 is 1.16 bits per heavy atom. The van der Waals surface area contributed by atoms with E-state index >= 15 is 0 Å². The first kappa shape index (κ1) is 19.0. The summed E-state index contributed by atoms with van der Waals surface area (Å²) in [6.07, 6.45) is 3.33. The maximum atomic E-state index is 12.6. The van der Waals surface area contributed by atoms with Gasteiger partial charge in [0.2, 0.25) is 5.91 Å². The first-order valence-corrected chi connectivity index (χ1v) is 10.3. The third-order valence-electron chi connectivity index (χ3n) is 6.01. The molecule has 4 aromatic rings. The van der Waals surface area contributed by atoms with E-state index in [-0.39, 0.29) is 5.91 Å². The molecule has 0 fully saturated rings. The Hall–Kier alpha value is -3.98. The number of rotatable bonds is 4. The second-order valence-electron chi connectivity index (χ2n) is 7.92. The van der Waals surface area contributed by atoms with E-state index in [1.807, 2.05) is 19.9 Å². The Kier molecular flexibility index (Phi) is 4.52. The van der Waals surface area contributed by atoms with Crippen molar-refractivity contribution in [2.75, 3.05) is 5.32 Å². The zero-order valence-corrected chi connectivity index (χ0v) is 17.4. The van der Waals surface area contributed by atoms with Gasteiger partial charge in [-0.2, -0.15) is 10.4 Å². The molecule has 0 radical (unpaired) electrons. The summed E-state index contributed by atoms with van der Waals surface area (Å²) in [6, 6.07) is 16.7. The van der Waals surface area contributed by atoms with Crippen molar-refractivity contribution in [3.05, 3.63) is 82.3 Å². The van der Waals surface area contributed by atoms with Crippen LogP contribution in [0.2, 0.25) is 0 Å². The molecule has 0 spiro atoms. The SMILES string of the molecule is Cc1nc2c(C#N)cnn2c(C)c1CCC(=O)Nc1ccc2c(c1)Cc1ccccc1-2. The molecule has 0 saturated carbocycles. The number of fused-ring (bicyclic) bond motifs is 4. The molecule has 2 aromatic heterocycles. The lowest BCUT2D eigenvalue weighted by atomic mass is 10.0. The van der Waals surface area contributed by atoms with Crippen molar-refractivity contribution in [1.82, 2.24) is 14.6 Å². The van der Waals surface area contributed by atoms with E-state index in [4.69, 9.17) is 0 Å². The Morgan fingerprint density at radius 2 is 1.97 bits per heavy atom. The minimum Gasteiger partial charge on any atom is -0.326 e. The van der Waals surface area contributed by atoms with Crippen LogP contribution < -0.4 is 5.32 Å². The van der Waals surface area contributed by atoms with E-state index in [1.54, 1.807) is 4.52 Å². The van der Waals surface area contributed by atoms with Crippen molar-refractivity contribution in [1.29, 1.82) is 5.26 Å². The molecule has 0 atom stereocenters.